The van der Waals surface area contributed by atoms with Crippen molar-refractivity contribution in [2.75, 3.05) is 14.2 Å². The van der Waals surface area contributed by atoms with Crippen molar-refractivity contribution in [2.24, 2.45) is 0 Å². The molecule has 0 spiro atoms. The molecular formula is C9H11BrFNO. The first-order valence-electron chi connectivity index (χ1n) is 3.85. The minimum absolute atomic E-state index is 0.272. The standard InChI is InChI=1S/C9H11BrFNO/c1-12-5-6-3-8(11)7(10)4-9(6)13-2/h3-4,12H,5H2,1-2H3. The van der Waals surface area contributed by atoms with E-state index >= 15 is 0 Å². The normalized spacial score (nSPS) is 10.2. The SMILES string of the molecule is CNCc1cc(F)c(Br)cc1OC. The van der Waals surface area contributed by atoms with Crippen LogP contribution in [0.2, 0.25) is 0 Å². The summed E-state index contributed by atoms with van der Waals surface area (Å²) in [5.74, 6) is 0.411. The maximum Gasteiger partial charge on any atom is 0.137 e. The van der Waals surface area contributed by atoms with Gasteiger partial charge in [0.25, 0.3) is 0 Å². The molecule has 0 aliphatic rings. The van der Waals surface area contributed by atoms with E-state index in [9.17, 15) is 4.39 Å². The Bertz CT molecular complexity index is 304. The Labute approximate surface area is 85.2 Å². The Hall–Kier alpha value is -0.610. The number of benzene rings is 1. The van der Waals surface area contributed by atoms with E-state index in [0.29, 0.717) is 16.8 Å². The monoisotopic (exact) mass is 247 g/mol. The van der Waals surface area contributed by atoms with Crippen LogP contribution >= 0.6 is 15.9 Å². The van der Waals surface area contributed by atoms with Crippen LogP contribution in [0.5, 0.6) is 5.75 Å². The van der Waals surface area contributed by atoms with E-state index in [1.807, 2.05) is 0 Å². The molecule has 1 aromatic carbocycles. The molecule has 0 fully saturated rings. The van der Waals surface area contributed by atoms with Crippen LogP contribution in [0.4, 0.5) is 4.39 Å². The van der Waals surface area contributed by atoms with Crippen LogP contribution in [0.3, 0.4) is 0 Å². The lowest BCUT2D eigenvalue weighted by molar-refractivity contribution is 0.406. The van der Waals surface area contributed by atoms with Crippen LogP contribution in [0.1, 0.15) is 5.56 Å². The summed E-state index contributed by atoms with van der Waals surface area (Å²) in [5, 5.41) is 2.94. The van der Waals surface area contributed by atoms with E-state index in [0.717, 1.165) is 5.56 Å². The van der Waals surface area contributed by atoms with E-state index in [1.165, 1.54) is 6.07 Å². The largest absolute Gasteiger partial charge is 0.496 e. The third kappa shape index (κ3) is 2.42. The van der Waals surface area contributed by atoms with Gasteiger partial charge in [-0.25, -0.2) is 4.39 Å². The third-order valence-corrected chi connectivity index (χ3v) is 2.30. The van der Waals surface area contributed by atoms with Gasteiger partial charge in [-0.15, -0.1) is 0 Å². The Morgan fingerprint density at radius 1 is 1.54 bits per heavy atom. The average Bonchev–Trinajstić information content (AvgIpc) is 2.11. The smallest absolute Gasteiger partial charge is 0.137 e. The molecule has 2 nitrogen and oxygen atoms in total. The average molecular weight is 248 g/mol. The zero-order valence-corrected chi connectivity index (χ0v) is 9.11. The third-order valence-electron chi connectivity index (χ3n) is 1.69. The van der Waals surface area contributed by atoms with Crippen LogP contribution in [-0.4, -0.2) is 14.2 Å². The predicted octanol–water partition coefficient (Wildman–Crippen LogP) is 2.32. The summed E-state index contributed by atoms with van der Waals surface area (Å²) in [6, 6.07) is 3.08. The molecule has 0 radical (unpaired) electrons. The van der Waals surface area contributed by atoms with Crippen molar-refractivity contribution >= 4 is 15.9 Å². The summed E-state index contributed by atoms with van der Waals surface area (Å²) in [6.07, 6.45) is 0. The molecule has 0 aliphatic heterocycles. The zero-order chi connectivity index (χ0) is 9.84. The first kappa shape index (κ1) is 10.5. The first-order valence-corrected chi connectivity index (χ1v) is 4.65. The van der Waals surface area contributed by atoms with Crippen molar-refractivity contribution in [1.82, 2.24) is 5.32 Å². The van der Waals surface area contributed by atoms with Crippen molar-refractivity contribution in [3.63, 3.8) is 0 Å². The van der Waals surface area contributed by atoms with Gasteiger partial charge >= 0.3 is 0 Å². The van der Waals surface area contributed by atoms with Gasteiger partial charge in [0.15, 0.2) is 0 Å². The van der Waals surface area contributed by atoms with Gasteiger partial charge in [-0.1, -0.05) is 0 Å². The molecule has 0 aromatic heterocycles. The molecule has 1 rings (SSSR count). The molecular weight excluding hydrogens is 237 g/mol. The number of rotatable bonds is 3. The van der Waals surface area contributed by atoms with Gasteiger partial charge < -0.3 is 10.1 Å². The van der Waals surface area contributed by atoms with E-state index in [2.05, 4.69) is 21.2 Å². The number of methoxy groups -OCH3 is 1. The molecule has 0 saturated heterocycles. The number of ether oxygens (including phenoxy) is 1. The second-order valence-electron chi connectivity index (χ2n) is 2.61. The van der Waals surface area contributed by atoms with Gasteiger partial charge in [0.05, 0.1) is 11.6 Å². The molecule has 13 heavy (non-hydrogen) atoms. The molecule has 1 aromatic rings. The van der Waals surface area contributed by atoms with Crippen molar-refractivity contribution in [2.45, 2.75) is 6.54 Å². The Morgan fingerprint density at radius 2 is 2.23 bits per heavy atom. The van der Waals surface area contributed by atoms with Crippen molar-refractivity contribution in [1.29, 1.82) is 0 Å². The first-order chi connectivity index (χ1) is 6.19. The highest BCUT2D eigenvalue weighted by molar-refractivity contribution is 9.10. The van der Waals surface area contributed by atoms with Crippen LogP contribution in [-0.2, 0) is 6.54 Å². The van der Waals surface area contributed by atoms with E-state index < -0.39 is 0 Å². The molecule has 0 atom stereocenters. The van der Waals surface area contributed by atoms with Gasteiger partial charge in [0, 0.05) is 12.1 Å². The molecule has 4 heteroatoms. The Kier molecular flexibility index (Phi) is 3.69. The maximum atomic E-state index is 13.1. The van der Waals surface area contributed by atoms with E-state index in [-0.39, 0.29) is 5.82 Å². The van der Waals surface area contributed by atoms with Crippen LogP contribution < -0.4 is 10.1 Å². The molecule has 1 N–H and O–H groups in total. The van der Waals surface area contributed by atoms with Crippen LogP contribution in [0.25, 0.3) is 0 Å². The number of halogens is 2. The second-order valence-corrected chi connectivity index (χ2v) is 3.46. The predicted molar refractivity (Wildman–Crippen MR) is 53.4 cm³/mol. The fourth-order valence-corrected chi connectivity index (χ4v) is 1.41. The quantitative estimate of drug-likeness (QED) is 0.886. The summed E-state index contributed by atoms with van der Waals surface area (Å²) < 4.78 is 18.6. The maximum absolute atomic E-state index is 13.1. The topological polar surface area (TPSA) is 21.3 Å². The summed E-state index contributed by atoms with van der Waals surface area (Å²) >= 11 is 3.10. The Balaban J connectivity index is 3.09. The van der Waals surface area contributed by atoms with Gasteiger partial charge in [-0.2, -0.15) is 0 Å². The van der Waals surface area contributed by atoms with E-state index in [1.54, 1.807) is 20.2 Å². The molecule has 72 valence electrons. The van der Waals surface area contributed by atoms with Crippen molar-refractivity contribution < 1.29 is 9.13 Å². The number of nitrogens with one attached hydrogen (secondary N) is 1. The Morgan fingerprint density at radius 3 is 2.77 bits per heavy atom. The van der Waals surface area contributed by atoms with E-state index in [4.69, 9.17) is 4.74 Å². The van der Waals surface area contributed by atoms with Crippen molar-refractivity contribution in [3.05, 3.63) is 28.0 Å². The van der Waals surface area contributed by atoms with Gasteiger partial charge in [0.1, 0.15) is 11.6 Å². The van der Waals surface area contributed by atoms with Gasteiger partial charge in [0.2, 0.25) is 0 Å². The second kappa shape index (κ2) is 4.58. The minimum atomic E-state index is -0.272. The molecule has 0 heterocycles. The fraction of sp³-hybridized carbons (Fsp3) is 0.333. The molecule has 0 bridgehead atoms. The molecule has 0 amide bonds. The lowest BCUT2D eigenvalue weighted by Crippen LogP contribution is -2.07. The minimum Gasteiger partial charge on any atom is -0.496 e. The molecule has 0 saturated carbocycles. The lowest BCUT2D eigenvalue weighted by Gasteiger charge is -2.08. The number of hydrogen-bond donors (Lipinski definition) is 1. The fourth-order valence-electron chi connectivity index (χ4n) is 1.09. The summed E-state index contributed by atoms with van der Waals surface area (Å²) in [6.45, 7) is 0.591. The van der Waals surface area contributed by atoms with Gasteiger partial charge in [-0.05, 0) is 35.1 Å². The molecule has 0 aliphatic carbocycles. The summed E-state index contributed by atoms with van der Waals surface area (Å²) in [7, 11) is 3.37. The van der Waals surface area contributed by atoms with Crippen LogP contribution in [0.15, 0.2) is 16.6 Å². The van der Waals surface area contributed by atoms with Gasteiger partial charge in [-0.3, -0.25) is 0 Å². The number of hydrogen-bond acceptors (Lipinski definition) is 2. The zero-order valence-electron chi connectivity index (χ0n) is 7.53. The molecule has 0 unspecified atom stereocenters. The summed E-state index contributed by atoms with van der Waals surface area (Å²) in [4.78, 5) is 0. The highest BCUT2D eigenvalue weighted by atomic mass is 79.9. The highest BCUT2D eigenvalue weighted by Gasteiger charge is 2.07. The highest BCUT2D eigenvalue weighted by Crippen LogP contribution is 2.26. The van der Waals surface area contributed by atoms with Crippen LogP contribution in [0, 0.1) is 5.82 Å². The summed E-state index contributed by atoms with van der Waals surface area (Å²) in [5.41, 5.74) is 0.811. The van der Waals surface area contributed by atoms with Crippen molar-refractivity contribution in [3.8, 4) is 5.75 Å². The lowest BCUT2D eigenvalue weighted by atomic mass is 10.2.